The van der Waals surface area contributed by atoms with Crippen molar-refractivity contribution in [3.8, 4) is 0 Å². The summed E-state index contributed by atoms with van der Waals surface area (Å²) in [6.45, 7) is 7.70. The highest BCUT2D eigenvalue weighted by Crippen LogP contribution is 2.21. The van der Waals surface area contributed by atoms with E-state index in [1.165, 1.54) is 11.1 Å². The number of nitrogens with zero attached hydrogens (tertiary/aromatic N) is 4. The van der Waals surface area contributed by atoms with Gasteiger partial charge in [0.2, 0.25) is 0 Å². The molecule has 0 radical (unpaired) electrons. The summed E-state index contributed by atoms with van der Waals surface area (Å²) in [6.07, 6.45) is 8.22. The monoisotopic (exact) mass is 397 g/mol. The van der Waals surface area contributed by atoms with Crippen molar-refractivity contribution in [1.29, 1.82) is 0 Å². The second-order valence-corrected chi connectivity index (χ2v) is 7.63. The first-order valence-electron chi connectivity index (χ1n) is 10.6. The molecular weight excluding hydrogens is 366 g/mol. The summed E-state index contributed by atoms with van der Waals surface area (Å²) in [6, 6.07) is 8.61. The molecule has 0 spiro atoms. The van der Waals surface area contributed by atoms with Gasteiger partial charge in [0, 0.05) is 45.2 Å². The molecule has 0 amide bonds. The number of hydrogen-bond donors (Lipinski definition) is 1. The Kier molecular flexibility index (Phi) is 6.79. The molecule has 29 heavy (non-hydrogen) atoms. The van der Waals surface area contributed by atoms with Crippen molar-refractivity contribution in [3.05, 3.63) is 54.1 Å². The van der Waals surface area contributed by atoms with E-state index in [0.717, 1.165) is 58.2 Å². The molecule has 7 heteroatoms. The summed E-state index contributed by atoms with van der Waals surface area (Å²) >= 11 is 0. The fourth-order valence-electron chi connectivity index (χ4n) is 4.00. The van der Waals surface area contributed by atoms with Crippen LogP contribution in [0.15, 0.2) is 48.0 Å². The molecule has 2 aromatic rings. The number of imidazole rings is 1. The van der Waals surface area contributed by atoms with E-state index < -0.39 is 0 Å². The van der Waals surface area contributed by atoms with E-state index in [2.05, 4.69) is 51.0 Å². The van der Waals surface area contributed by atoms with Gasteiger partial charge in [-0.25, -0.2) is 9.98 Å². The predicted octanol–water partition coefficient (Wildman–Crippen LogP) is 2.28. The highest BCUT2D eigenvalue weighted by Gasteiger charge is 2.32. The molecule has 2 aliphatic heterocycles. The van der Waals surface area contributed by atoms with Gasteiger partial charge in [-0.05, 0) is 30.9 Å². The zero-order valence-electron chi connectivity index (χ0n) is 17.2. The van der Waals surface area contributed by atoms with Crippen molar-refractivity contribution in [2.24, 2.45) is 4.99 Å². The molecule has 2 saturated heterocycles. The Bertz CT molecular complexity index is 786. The minimum absolute atomic E-state index is 0.133. The molecule has 1 aromatic heterocycles. The molecule has 2 unspecified atom stereocenters. The van der Waals surface area contributed by atoms with Crippen molar-refractivity contribution < 1.29 is 9.47 Å². The van der Waals surface area contributed by atoms with Crippen LogP contribution in [0.3, 0.4) is 0 Å². The van der Waals surface area contributed by atoms with Gasteiger partial charge < -0.3 is 24.3 Å². The second kappa shape index (κ2) is 9.89. The maximum absolute atomic E-state index is 5.99. The number of nitrogens with one attached hydrogen (secondary N) is 1. The topological polar surface area (TPSA) is 63.9 Å². The van der Waals surface area contributed by atoms with Crippen LogP contribution < -0.4 is 5.32 Å². The fourth-order valence-corrected chi connectivity index (χ4v) is 4.00. The number of aromatic nitrogens is 2. The molecule has 0 aliphatic carbocycles. The Balaban J connectivity index is 1.41. The summed E-state index contributed by atoms with van der Waals surface area (Å²) in [5.41, 5.74) is 2.47. The van der Waals surface area contributed by atoms with E-state index in [9.17, 15) is 0 Å². The molecule has 0 bridgehead atoms. The molecule has 0 saturated carbocycles. The minimum atomic E-state index is 0.133. The van der Waals surface area contributed by atoms with Crippen LogP contribution in [0.25, 0.3) is 0 Å². The van der Waals surface area contributed by atoms with Crippen molar-refractivity contribution in [2.45, 2.75) is 45.1 Å². The largest absolute Gasteiger partial charge is 0.375 e. The SMILES string of the molecule is CCNC(=NCc1cccc(Cn2ccnc2)c1)N1CCOC(C2CCCO2)C1. The van der Waals surface area contributed by atoms with E-state index in [1.54, 1.807) is 0 Å². The standard InChI is InChI=1S/C22H31N5O2/c1-2-24-22(27-10-12-29-21(16-27)20-7-4-11-28-20)25-14-18-5-3-6-19(13-18)15-26-9-8-23-17-26/h3,5-6,8-9,13,17,20-21H,2,4,7,10-12,14-16H2,1H3,(H,24,25). The summed E-state index contributed by atoms with van der Waals surface area (Å²) in [5.74, 6) is 0.957. The van der Waals surface area contributed by atoms with Gasteiger partial charge in [0.15, 0.2) is 5.96 Å². The number of aliphatic imine (C=N–C) groups is 1. The molecule has 2 fully saturated rings. The Morgan fingerprint density at radius 1 is 1.24 bits per heavy atom. The maximum Gasteiger partial charge on any atom is 0.194 e. The van der Waals surface area contributed by atoms with Gasteiger partial charge >= 0.3 is 0 Å². The van der Waals surface area contributed by atoms with Crippen LogP contribution in [0.2, 0.25) is 0 Å². The van der Waals surface area contributed by atoms with E-state index in [1.807, 2.05) is 18.7 Å². The third-order valence-electron chi connectivity index (χ3n) is 5.43. The lowest BCUT2D eigenvalue weighted by Gasteiger charge is -2.37. The number of ether oxygens (including phenoxy) is 2. The first-order valence-corrected chi connectivity index (χ1v) is 10.6. The molecule has 2 aliphatic rings. The van der Waals surface area contributed by atoms with Gasteiger partial charge in [0.1, 0.15) is 6.10 Å². The van der Waals surface area contributed by atoms with Gasteiger partial charge in [0.05, 0.1) is 25.6 Å². The Hall–Kier alpha value is -2.38. The van der Waals surface area contributed by atoms with Crippen molar-refractivity contribution >= 4 is 5.96 Å². The lowest BCUT2D eigenvalue weighted by molar-refractivity contribution is -0.0817. The van der Waals surface area contributed by atoms with Crippen LogP contribution in [-0.2, 0) is 22.6 Å². The zero-order valence-corrected chi connectivity index (χ0v) is 17.2. The highest BCUT2D eigenvalue weighted by atomic mass is 16.5. The normalized spacial score (nSPS) is 22.8. The fraction of sp³-hybridized carbons (Fsp3) is 0.545. The van der Waals surface area contributed by atoms with Crippen LogP contribution in [0, 0.1) is 0 Å². The minimum Gasteiger partial charge on any atom is -0.375 e. The summed E-state index contributed by atoms with van der Waals surface area (Å²) in [5, 5.41) is 3.45. The third kappa shape index (κ3) is 5.36. The van der Waals surface area contributed by atoms with Gasteiger partial charge in [-0.3, -0.25) is 0 Å². The van der Waals surface area contributed by atoms with Crippen molar-refractivity contribution in [2.75, 3.05) is 32.8 Å². The van der Waals surface area contributed by atoms with Crippen LogP contribution in [0.4, 0.5) is 0 Å². The average Bonchev–Trinajstić information content (AvgIpc) is 3.46. The lowest BCUT2D eigenvalue weighted by atomic mass is 10.1. The van der Waals surface area contributed by atoms with Gasteiger partial charge in [-0.1, -0.05) is 24.3 Å². The van der Waals surface area contributed by atoms with Crippen LogP contribution in [0.1, 0.15) is 30.9 Å². The smallest absolute Gasteiger partial charge is 0.194 e. The van der Waals surface area contributed by atoms with Gasteiger partial charge in [-0.2, -0.15) is 0 Å². The highest BCUT2D eigenvalue weighted by molar-refractivity contribution is 5.80. The molecule has 156 valence electrons. The number of hydrogen-bond acceptors (Lipinski definition) is 4. The molecule has 3 heterocycles. The van der Waals surface area contributed by atoms with E-state index in [-0.39, 0.29) is 12.2 Å². The number of morpholine rings is 1. The number of benzene rings is 1. The summed E-state index contributed by atoms with van der Waals surface area (Å²) in [4.78, 5) is 11.4. The first kappa shape index (κ1) is 19.9. The molecule has 1 aromatic carbocycles. The maximum atomic E-state index is 5.99. The third-order valence-corrected chi connectivity index (χ3v) is 5.43. The first-order chi connectivity index (χ1) is 14.3. The summed E-state index contributed by atoms with van der Waals surface area (Å²) in [7, 11) is 0. The second-order valence-electron chi connectivity index (χ2n) is 7.63. The quantitative estimate of drug-likeness (QED) is 0.598. The van der Waals surface area contributed by atoms with Crippen LogP contribution >= 0.6 is 0 Å². The zero-order chi connectivity index (χ0) is 19.9. The molecular formula is C22H31N5O2. The summed E-state index contributed by atoms with van der Waals surface area (Å²) < 4.78 is 13.9. The van der Waals surface area contributed by atoms with E-state index >= 15 is 0 Å². The Morgan fingerprint density at radius 3 is 2.93 bits per heavy atom. The van der Waals surface area contributed by atoms with Crippen molar-refractivity contribution in [1.82, 2.24) is 19.8 Å². The number of rotatable bonds is 6. The molecule has 4 rings (SSSR count). The Labute approximate surface area is 172 Å². The lowest BCUT2D eigenvalue weighted by Crippen LogP contribution is -2.53. The Morgan fingerprint density at radius 2 is 2.14 bits per heavy atom. The molecule has 2 atom stereocenters. The molecule has 7 nitrogen and oxygen atoms in total. The van der Waals surface area contributed by atoms with Crippen LogP contribution in [-0.4, -0.2) is 65.5 Å². The predicted molar refractivity (Wildman–Crippen MR) is 113 cm³/mol. The number of guanidine groups is 1. The van der Waals surface area contributed by atoms with Gasteiger partial charge in [-0.15, -0.1) is 0 Å². The van der Waals surface area contributed by atoms with E-state index in [0.29, 0.717) is 6.54 Å². The van der Waals surface area contributed by atoms with Crippen molar-refractivity contribution in [3.63, 3.8) is 0 Å². The van der Waals surface area contributed by atoms with Gasteiger partial charge in [0.25, 0.3) is 0 Å². The molecule has 1 N–H and O–H groups in total. The van der Waals surface area contributed by atoms with E-state index in [4.69, 9.17) is 14.5 Å². The average molecular weight is 398 g/mol. The van der Waals surface area contributed by atoms with Crippen LogP contribution in [0.5, 0.6) is 0 Å².